The molecule has 0 saturated carbocycles. The van der Waals surface area contributed by atoms with Crippen molar-refractivity contribution in [2.75, 3.05) is 19.0 Å². The highest BCUT2D eigenvalue weighted by Crippen LogP contribution is 2.29. The zero-order valence-electron chi connectivity index (χ0n) is 7.52. The van der Waals surface area contributed by atoms with E-state index in [-0.39, 0.29) is 11.0 Å². The molecule has 1 rings (SSSR count). The smallest absolute Gasteiger partial charge is 0.313 e. The Morgan fingerprint density at radius 1 is 1.77 bits per heavy atom. The molecule has 2 unspecified atom stereocenters. The van der Waals surface area contributed by atoms with E-state index in [9.17, 15) is 9.90 Å². The summed E-state index contributed by atoms with van der Waals surface area (Å²) < 4.78 is 5.18. The first-order chi connectivity index (χ1) is 6.02. The van der Waals surface area contributed by atoms with Gasteiger partial charge in [0.15, 0.2) is 0 Å². The van der Waals surface area contributed by atoms with Crippen LogP contribution in [-0.4, -0.2) is 46.0 Å². The number of ether oxygens (including phenoxy) is 1. The fourth-order valence-corrected chi connectivity index (χ4v) is 2.22. The van der Waals surface area contributed by atoms with Crippen LogP contribution in [0.4, 0.5) is 0 Å². The highest BCUT2D eigenvalue weighted by Gasteiger charge is 2.35. The molecule has 1 aliphatic heterocycles. The third kappa shape index (κ3) is 3.17. The molecule has 0 aromatic rings. The minimum Gasteiger partial charge on any atom is -0.481 e. The summed E-state index contributed by atoms with van der Waals surface area (Å²) in [6.45, 7) is 2.72. The summed E-state index contributed by atoms with van der Waals surface area (Å²) in [7, 11) is 0. The van der Waals surface area contributed by atoms with Crippen molar-refractivity contribution in [3.05, 3.63) is 0 Å². The first-order valence-corrected chi connectivity index (χ1v) is 5.21. The largest absolute Gasteiger partial charge is 0.481 e. The van der Waals surface area contributed by atoms with Crippen molar-refractivity contribution in [3.8, 4) is 0 Å². The lowest BCUT2D eigenvalue weighted by molar-refractivity contribution is -0.133. The maximum absolute atomic E-state index is 10.3. The monoisotopic (exact) mass is 206 g/mol. The van der Waals surface area contributed by atoms with Crippen LogP contribution in [0.3, 0.4) is 0 Å². The van der Waals surface area contributed by atoms with E-state index in [1.165, 1.54) is 11.8 Å². The minimum atomic E-state index is -0.855. The Morgan fingerprint density at radius 3 is 3.00 bits per heavy atom. The van der Waals surface area contributed by atoms with Gasteiger partial charge in [-0.1, -0.05) is 0 Å². The number of aliphatic carboxylic acids is 1. The number of aliphatic hydroxyl groups is 1. The Balaban J connectivity index is 2.41. The van der Waals surface area contributed by atoms with Gasteiger partial charge in [0.05, 0.1) is 23.2 Å². The number of hydrogen-bond donors (Lipinski definition) is 2. The van der Waals surface area contributed by atoms with Crippen LogP contribution >= 0.6 is 11.8 Å². The molecule has 0 bridgehead atoms. The van der Waals surface area contributed by atoms with Gasteiger partial charge in [-0.05, 0) is 6.92 Å². The van der Waals surface area contributed by atoms with Gasteiger partial charge in [0, 0.05) is 13.0 Å². The lowest BCUT2D eigenvalue weighted by atomic mass is 9.97. The van der Waals surface area contributed by atoms with Gasteiger partial charge in [-0.25, -0.2) is 0 Å². The summed E-state index contributed by atoms with van der Waals surface area (Å²) in [6, 6.07) is 0. The molecule has 1 saturated heterocycles. The molecule has 0 spiro atoms. The predicted molar refractivity (Wildman–Crippen MR) is 49.9 cm³/mol. The molecule has 4 nitrogen and oxygen atoms in total. The third-order valence-corrected chi connectivity index (χ3v) is 3.58. The third-order valence-electron chi connectivity index (χ3n) is 2.12. The molecule has 0 amide bonds. The Hall–Kier alpha value is -0.260. The van der Waals surface area contributed by atoms with Crippen LogP contribution in [0.5, 0.6) is 0 Å². The Labute approximate surface area is 81.3 Å². The molecule has 1 aliphatic rings. The maximum Gasteiger partial charge on any atom is 0.313 e. The normalized spacial score (nSPS) is 34.5. The van der Waals surface area contributed by atoms with Crippen LogP contribution in [0.15, 0.2) is 0 Å². The minimum absolute atomic E-state index is 0.0180. The summed E-state index contributed by atoms with van der Waals surface area (Å²) in [5.41, 5.74) is -0.793. The van der Waals surface area contributed by atoms with E-state index in [2.05, 4.69) is 0 Å². The van der Waals surface area contributed by atoms with E-state index in [1.807, 2.05) is 0 Å². The molecule has 0 aliphatic carbocycles. The second kappa shape index (κ2) is 4.30. The molecule has 13 heavy (non-hydrogen) atoms. The number of carboxylic acid groups (broad SMARTS) is 1. The summed E-state index contributed by atoms with van der Waals surface area (Å²) in [5, 5.41) is 18.2. The number of carbonyl (C=O) groups is 1. The summed E-state index contributed by atoms with van der Waals surface area (Å²) in [5.74, 6) is -0.837. The standard InChI is InChI=1S/C8H14O4S/c1-8(11)2-3-12-4-6(8)13-5-7(9)10/h6,11H,2-5H2,1H3,(H,9,10). The van der Waals surface area contributed by atoms with Crippen LogP contribution in [0.25, 0.3) is 0 Å². The van der Waals surface area contributed by atoms with E-state index >= 15 is 0 Å². The Morgan fingerprint density at radius 2 is 2.46 bits per heavy atom. The van der Waals surface area contributed by atoms with Gasteiger partial charge in [-0.3, -0.25) is 4.79 Å². The lowest BCUT2D eigenvalue weighted by Crippen LogP contribution is -2.45. The first kappa shape index (κ1) is 10.8. The fraction of sp³-hybridized carbons (Fsp3) is 0.875. The lowest BCUT2D eigenvalue weighted by Gasteiger charge is -2.36. The highest BCUT2D eigenvalue weighted by molar-refractivity contribution is 8.00. The van der Waals surface area contributed by atoms with E-state index in [0.29, 0.717) is 19.6 Å². The molecule has 1 heterocycles. The zero-order chi connectivity index (χ0) is 9.90. The van der Waals surface area contributed by atoms with Gasteiger partial charge in [0.1, 0.15) is 0 Å². The number of carboxylic acids is 1. The van der Waals surface area contributed by atoms with Gasteiger partial charge in [0.2, 0.25) is 0 Å². The summed E-state index contributed by atoms with van der Waals surface area (Å²) >= 11 is 1.24. The Bertz CT molecular complexity index is 193. The molecule has 2 atom stereocenters. The molecule has 0 radical (unpaired) electrons. The number of thioether (sulfide) groups is 1. The zero-order valence-corrected chi connectivity index (χ0v) is 8.34. The van der Waals surface area contributed by atoms with Gasteiger partial charge >= 0.3 is 5.97 Å². The molecule has 0 aromatic heterocycles. The van der Waals surface area contributed by atoms with E-state index in [0.717, 1.165) is 0 Å². The molecule has 5 heteroatoms. The van der Waals surface area contributed by atoms with Crippen LogP contribution in [0, 0.1) is 0 Å². The molecular formula is C8H14O4S. The second-order valence-corrected chi connectivity index (χ2v) is 4.57. The van der Waals surface area contributed by atoms with Crippen molar-refractivity contribution in [1.82, 2.24) is 0 Å². The molecule has 0 aromatic carbocycles. The van der Waals surface area contributed by atoms with Crippen molar-refractivity contribution in [3.63, 3.8) is 0 Å². The van der Waals surface area contributed by atoms with Crippen molar-refractivity contribution in [2.24, 2.45) is 0 Å². The predicted octanol–water partition coefficient (Wildman–Crippen LogP) is 0.344. The van der Waals surface area contributed by atoms with E-state index in [4.69, 9.17) is 9.84 Å². The SMILES string of the molecule is CC1(O)CCOCC1SCC(=O)O. The highest BCUT2D eigenvalue weighted by atomic mass is 32.2. The molecule has 76 valence electrons. The maximum atomic E-state index is 10.3. The van der Waals surface area contributed by atoms with Crippen LogP contribution < -0.4 is 0 Å². The first-order valence-electron chi connectivity index (χ1n) is 4.16. The second-order valence-electron chi connectivity index (χ2n) is 3.38. The summed E-state index contributed by atoms with van der Waals surface area (Å²) in [4.78, 5) is 10.3. The number of rotatable bonds is 3. The molecule has 1 fully saturated rings. The van der Waals surface area contributed by atoms with E-state index < -0.39 is 11.6 Å². The molecule has 2 N–H and O–H groups in total. The quantitative estimate of drug-likeness (QED) is 0.697. The van der Waals surface area contributed by atoms with E-state index in [1.54, 1.807) is 6.92 Å². The van der Waals surface area contributed by atoms with Crippen molar-refractivity contribution < 1.29 is 19.7 Å². The van der Waals surface area contributed by atoms with Gasteiger partial charge in [-0.15, -0.1) is 11.8 Å². The van der Waals surface area contributed by atoms with Crippen molar-refractivity contribution in [1.29, 1.82) is 0 Å². The van der Waals surface area contributed by atoms with Crippen LogP contribution in [0.2, 0.25) is 0 Å². The van der Waals surface area contributed by atoms with Gasteiger partial charge in [0.25, 0.3) is 0 Å². The van der Waals surface area contributed by atoms with Crippen LogP contribution in [0.1, 0.15) is 13.3 Å². The number of hydrogen-bond acceptors (Lipinski definition) is 4. The van der Waals surface area contributed by atoms with Crippen LogP contribution in [-0.2, 0) is 9.53 Å². The van der Waals surface area contributed by atoms with Crippen molar-refractivity contribution in [2.45, 2.75) is 24.2 Å². The Kier molecular flexibility index (Phi) is 3.58. The average Bonchev–Trinajstić information content (AvgIpc) is 2.01. The average molecular weight is 206 g/mol. The van der Waals surface area contributed by atoms with Crippen molar-refractivity contribution >= 4 is 17.7 Å². The summed E-state index contributed by atoms with van der Waals surface area (Å²) in [6.07, 6.45) is 0.574. The fourth-order valence-electron chi connectivity index (χ4n) is 1.21. The van der Waals surface area contributed by atoms with Gasteiger partial charge < -0.3 is 14.9 Å². The topological polar surface area (TPSA) is 66.8 Å². The molecular weight excluding hydrogens is 192 g/mol. The van der Waals surface area contributed by atoms with Gasteiger partial charge in [-0.2, -0.15) is 0 Å².